The Bertz CT molecular complexity index is 155. The fourth-order valence-corrected chi connectivity index (χ4v) is 2.72. The molecule has 0 heterocycles. The number of hydrogen-bond acceptors (Lipinski definition) is 1. The predicted octanol–water partition coefficient (Wildman–Crippen LogP) is 2.60. The Labute approximate surface area is 69.1 Å². The first-order chi connectivity index (χ1) is 5.27. The molecule has 0 aromatic carbocycles. The molecule has 0 bridgehead atoms. The van der Waals surface area contributed by atoms with Gasteiger partial charge in [0.25, 0.3) is 0 Å². The Kier molecular flexibility index (Phi) is 1.71. The summed E-state index contributed by atoms with van der Waals surface area (Å²) < 4.78 is 5.42. The zero-order valence-electron chi connectivity index (χ0n) is 7.60. The van der Waals surface area contributed by atoms with E-state index in [1.807, 2.05) is 7.11 Å². The van der Waals surface area contributed by atoms with E-state index >= 15 is 0 Å². The van der Waals surface area contributed by atoms with Crippen molar-refractivity contribution in [3.8, 4) is 0 Å². The van der Waals surface area contributed by atoms with Gasteiger partial charge < -0.3 is 4.74 Å². The number of rotatable bonds is 1. The minimum atomic E-state index is 0.578. The predicted molar refractivity (Wildman–Crippen MR) is 45.5 cm³/mol. The van der Waals surface area contributed by atoms with Crippen molar-refractivity contribution in [1.29, 1.82) is 0 Å². The van der Waals surface area contributed by atoms with Crippen LogP contribution in [0.15, 0.2) is 0 Å². The number of methoxy groups -OCH3 is 1. The molecule has 64 valence electrons. The third kappa shape index (κ3) is 1.20. The Hall–Kier alpha value is -0.0400. The van der Waals surface area contributed by atoms with Crippen molar-refractivity contribution in [3.05, 3.63) is 0 Å². The lowest BCUT2D eigenvalue weighted by molar-refractivity contribution is 0.0411. The quantitative estimate of drug-likeness (QED) is 0.564. The molecule has 2 fully saturated rings. The molecule has 2 saturated carbocycles. The van der Waals surface area contributed by atoms with Crippen molar-refractivity contribution in [2.24, 2.45) is 11.3 Å². The van der Waals surface area contributed by atoms with Crippen molar-refractivity contribution in [1.82, 2.24) is 0 Å². The van der Waals surface area contributed by atoms with E-state index in [-0.39, 0.29) is 0 Å². The molecule has 2 rings (SSSR count). The standard InChI is InChI=1S/C10H18O/c1-8-6-10(8)5-3-4-9(7-10)11-2/h8-9H,3-7H2,1-2H3/t8?,9-,10?/m1/s1. The smallest absolute Gasteiger partial charge is 0.0576 e. The van der Waals surface area contributed by atoms with Crippen LogP contribution in [-0.2, 0) is 4.74 Å². The van der Waals surface area contributed by atoms with Gasteiger partial charge in [0.1, 0.15) is 0 Å². The maximum absolute atomic E-state index is 5.42. The number of ether oxygens (including phenoxy) is 1. The van der Waals surface area contributed by atoms with Crippen LogP contribution in [0.1, 0.15) is 39.0 Å². The molecule has 0 aliphatic heterocycles. The lowest BCUT2D eigenvalue weighted by Gasteiger charge is -2.28. The summed E-state index contributed by atoms with van der Waals surface area (Å²) in [5, 5.41) is 0. The first kappa shape index (κ1) is 7.60. The minimum absolute atomic E-state index is 0.578. The molecule has 0 aromatic heterocycles. The average Bonchev–Trinajstić information content (AvgIpc) is 2.61. The molecule has 3 atom stereocenters. The second-order valence-electron chi connectivity index (χ2n) is 4.42. The van der Waals surface area contributed by atoms with Gasteiger partial charge >= 0.3 is 0 Å². The van der Waals surface area contributed by atoms with Crippen LogP contribution in [0.25, 0.3) is 0 Å². The molecule has 0 N–H and O–H groups in total. The van der Waals surface area contributed by atoms with Gasteiger partial charge in [0.05, 0.1) is 6.10 Å². The van der Waals surface area contributed by atoms with Gasteiger partial charge in [0.2, 0.25) is 0 Å². The van der Waals surface area contributed by atoms with E-state index in [1.54, 1.807) is 0 Å². The molecule has 1 spiro atoms. The fraction of sp³-hybridized carbons (Fsp3) is 1.00. The Morgan fingerprint density at radius 2 is 2.09 bits per heavy atom. The largest absolute Gasteiger partial charge is 0.381 e. The zero-order chi connectivity index (χ0) is 7.90. The van der Waals surface area contributed by atoms with Gasteiger partial charge in [0.15, 0.2) is 0 Å². The van der Waals surface area contributed by atoms with E-state index < -0.39 is 0 Å². The highest BCUT2D eigenvalue weighted by atomic mass is 16.5. The van der Waals surface area contributed by atoms with Gasteiger partial charge in [-0.15, -0.1) is 0 Å². The molecule has 2 unspecified atom stereocenters. The lowest BCUT2D eigenvalue weighted by Crippen LogP contribution is -2.23. The molecule has 1 nitrogen and oxygen atoms in total. The summed E-state index contributed by atoms with van der Waals surface area (Å²) in [6.07, 6.45) is 7.54. The summed E-state index contributed by atoms with van der Waals surface area (Å²) >= 11 is 0. The van der Waals surface area contributed by atoms with Gasteiger partial charge in [0, 0.05) is 7.11 Å². The van der Waals surface area contributed by atoms with Gasteiger partial charge in [-0.05, 0) is 37.0 Å². The van der Waals surface area contributed by atoms with E-state index in [0.29, 0.717) is 6.10 Å². The summed E-state index contributed by atoms with van der Waals surface area (Å²) in [7, 11) is 1.86. The SMILES string of the molecule is CO[C@@H]1CCCC2(CC2C)C1. The molecule has 0 aromatic rings. The molecular formula is C10H18O. The zero-order valence-corrected chi connectivity index (χ0v) is 7.60. The van der Waals surface area contributed by atoms with Gasteiger partial charge in [-0.1, -0.05) is 13.3 Å². The highest BCUT2D eigenvalue weighted by Crippen LogP contribution is 2.61. The maximum Gasteiger partial charge on any atom is 0.0576 e. The van der Waals surface area contributed by atoms with Crippen LogP contribution >= 0.6 is 0 Å². The summed E-state index contributed by atoms with van der Waals surface area (Å²) in [5.74, 6) is 0.987. The van der Waals surface area contributed by atoms with Crippen LogP contribution < -0.4 is 0 Å². The molecule has 0 saturated heterocycles. The van der Waals surface area contributed by atoms with Crippen LogP contribution in [-0.4, -0.2) is 13.2 Å². The van der Waals surface area contributed by atoms with E-state index in [2.05, 4.69) is 6.92 Å². The van der Waals surface area contributed by atoms with Crippen LogP contribution in [0.5, 0.6) is 0 Å². The normalized spacial score (nSPS) is 49.6. The van der Waals surface area contributed by atoms with Crippen molar-refractivity contribution in [2.75, 3.05) is 7.11 Å². The highest BCUT2D eigenvalue weighted by molar-refractivity contribution is 5.02. The van der Waals surface area contributed by atoms with Gasteiger partial charge in [-0.3, -0.25) is 0 Å². The first-order valence-electron chi connectivity index (χ1n) is 4.80. The van der Waals surface area contributed by atoms with Crippen LogP contribution in [0.4, 0.5) is 0 Å². The Morgan fingerprint density at radius 3 is 2.64 bits per heavy atom. The summed E-state index contributed by atoms with van der Waals surface area (Å²) in [4.78, 5) is 0. The average molecular weight is 154 g/mol. The summed E-state index contributed by atoms with van der Waals surface area (Å²) in [6, 6.07) is 0. The monoisotopic (exact) mass is 154 g/mol. The second-order valence-corrected chi connectivity index (χ2v) is 4.42. The molecular weight excluding hydrogens is 136 g/mol. The molecule has 2 aliphatic rings. The van der Waals surface area contributed by atoms with E-state index in [9.17, 15) is 0 Å². The Morgan fingerprint density at radius 1 is 1.36 bits per heavy atom. The minimum Gasteiger partial charge on any atom is -0.381 e. The molecule has 11 heavy (non-hydrogen) atoms. The summed E-state index contributed by atoms with van der Waals surface area (Å²) in [6.45, 7) is 2.39. The lowest BCUT2D eigenvalue weighted by atomic mass is 9.83. The van der Waals surface area contributed by atoms with Crippen molar-refractivity contribution >= 4 is 0 Å². The molecule has 0 amide bonds. The van der Waals surface area contributed by atoms with Crippen LogP contribution in [0.3, 0.4) is 0 Å². The first-order valence-corrected chi connectivity index (χ1v) is 4.80. The third-order valence-corrected chi connectivity index (χ3v) is 3.77. The topological polar surface area (TPSA) is 9.23 Å². The molecule has 2 aliphatic carbocycles. The van der Waals surface area contributed by atoms with Crippen molar-refractivity contribution in [2.45, 2.75) is 45.1 Å². The van der Waals surface area contributed by atoms with Crippen molar-refractivity contribution < 1.29 is 4.74 Å². The van der Waals surface area contributed by atoms with Crippen molar-refractivity contribution in [3.63, 3.8) is 0 Å². The molecule has 1 heteroatoms. The van der Waals surface area contributed by atoms with Crippen LogP contribution in [0.2, 0.25) is 0 Å². The molecule has 0 radical (unpaired) electrons. The van der Waals surface area contributed by atoms with E-state index in [1.165, 1.54) is 32.1 Å². The summed E-state index contributed by atoms with van der Waals surface area (Å²) in [5.41, 5.74) is 0.735. The third-order valence-electron chi connectivity index (χ3n) is 3.77. The van der Waals surface area contributed by atoms with Gasteiger partial charge in [-0.2, -0.15) is 0 Å². The van der Waals surface area contributed by atoms with E-state index in [0.717, 1.165) is 11.3 Å². The van der Waals surface area contributed by atoms with E-state index in [4.69, 9.17) is 4.74 Å². The highest BCUT2D eigenvalue weighted by Gasteiger charge is 2.52. The number of hydrogen-bond donors (Lipinski definition) is 0. The Balaban J connectivity index is 1.94. The van der Waals surface area contributed by atoms with Crippen LogP contribution in [0, 0.1) is 11.3 Å². The fourth-order valence-electron chi connectivity index (χ4n) is 2.72. The van der Waals surface area contributed by atoms with Gasteiger partial charge in [-0.25, -0.2) is 0 Å². The maximum atomic E-state index is 5.42. The second kappa shape index (κ2) is 2.48.